The molecule has 0 fully saturated rings. The lowest BCUT2D eigenvalue weighted by Gasteiger charge is -1.91. The van der Waals surface area contributed by atoms with E-state index in [-0.39, 0.29) is 12.4 Å². The topological polar surface area (TPSA) is 52.6 Å². The molecule has 0 rings (SSSR count). The summed E-state index contributed by atoms with van der Waals surface area (Å²) in [4.78, 5) is 20.9. The highest BCUT2D eigenvalue weighted by Gasteiger charge is 1.96. The van der Waals surface area contributed by atoms with E-state index in [1.807, 2.05) is 0 Å². The van der Waals surface area contributed by atoms with Crippen molar-refractivity contribution in [3.05, 3.63) is 0 Å². The zero-order chi connectivity index (χ0) is 9.40. The summed E-state index contributed by atoms with van der Waals surface area (Å²) >= 11 is 0. The zero-order valence-electron chi connectivity index (χ0n) is 7.05. The molecular weight excluding hydrogens is 160 g/mol. The molecule has 66 valence electrons. The molecule has 0 aliphatic rings. The summed E-state index contributed by atoms with van der Waals surface area (Å²) in [6, 6.07) is 0. The maximum Gasteiger partial charge on any atom is 0.384 e. The lowest BCUT2D eigenvalue weighted by Crippen LogP contribution is -1.99. The van der Waals surface area contributed by atoms with Crippen LogP contribution in [0.4, 0.5) is 0 Å². The molecule has 0 saturated heterocycles. The van der Waals surface area contributed by atoms with E-state index in [0.717, 1.165) is 0 Å². The molecule has 0 unspecified atom stereocenters. The molecule has 0 atom stereocenters. The van der Waals surface area contributed by atoms with E-state index < -0.39 is 5.97 Å². The Kier molecular flexibility index (Phi) is 5.45. The first-order chi connectivity index (χ1) is 5.70. The molecule has 4 nitrogen and oxygen atoms in total. The molecule has 0 aliphatic heterocycles. The van der Waals surface area contributed by atoms with Crippen molar-refractivity contribution >= 4 is 11.9 Å². The molecule has 4 heteroatoms. The summed E-state index contributed by atoms with van der Waals surface area (Å²) in [5.74, 6) is 3.73. The fourth-order valence-corrected chi connectivity index (χ4v) is 0.452. The molecule has 0 aromatic carbocycles. The van der Waals surface area contributed by atoms with Crippen LogP contribution in [-0.4, -0.2) is 26.2 Å². The van der Waals surface area contributed by atoms with Gasteiger partial charge in [0.15, 0.2) is 0 Å². The molecule has 0 aromatic heterocycles. The van der Waals surface area contributed by atoms with Gasteiger partial charge < -0.3 is 9.47 Å². The summed E-state index contributed by atoms with van der Waals surface area (Å²) in [5, 5.41) is 0. The molecule has 0 spiro atoms. The van der Waals surface area contributed by atoms with Crippen LogP contribution < -0.4 is 0 Å². The summed E-state index contributed by atoms with van der Waals surface area (Å²) in [6.07, 6.45) is 0.502. The summed E-state index contributed by atoms with van der Waals surface area (Å²) < 4.78 is 8.62. The van der Waals surface area contributed by atoms with Gasteiger partial charge in [0.25, 0.3) is 0 Å². The van der Waals surface area contributed by atoms with Crippen LogP contribution in [0.2, 0.25) is 0 Å². The lowest BCUT2D eigenvalue weighted by molar-refractivity contribution is -0.140. The van der Waals surface area contributed by atoms with Gasteiger partial charge in [-0.05, 0) is 0 Å². The van der Waals surface area contributed by atoms with Crippen LogP contribution in [0.5, 0.6) is 0 Å². The van der Waals surface area contributed by atoms with Crippen molar-refractivity contribution in [3.8, 4) is 11.8 Å². The minimum absolute atomic E-state index is 0.195. The lowest BCUT2D eigenvalue weighted by atomic mass is 10.3. The molecule has 0 aromatic rings. The van der Waals surface area contributed by atoms with Gasteiger partial charge in [-0.25, -0.2) is 4.79 Å². The maximum atomic E-state index is 10.5. The molecule has 0 saturated carbocycles. The average Bonchev–Trinajstić information content (AvgIpc) is 2.11. The van der Waals surface area contributed by atoms with Gasteiger partial charge in [0, 0.05) is 12.3 Å². The second-order valence-electron chi connectivity index (χ2n) is 1.87. The normalized spacial score (nSPS) is 7.83. The van der Waals surface area contributed by atoms with Crippen molar-refractivity contribution in [3.63, 3.8) is 0 Å². The fourth-order valence-electron chi connectivity index (χ4n) is 0.452. The molecule has 12 heavy (non-hydrogen) atoms. The van der Waals surface area contributed by atoms with Crippen molar-refractivity contribution in [2.75, 3.05) is 14.2 Å². The van der Waals surface area contributed by atoms with Gasteiger partial charge in [-0.2, -0.15) is 0 Å². The highest BCUT2D eigenvalue weighted by Crippen LogP contribution is 1.88. The summed E-state index contributed by atoms with van der Waals surface area (Å²) in [5.41, 5.74) is 0. The quantitative estimate of drug-likeness (QED) is 0.335. The van der Waals surface area contributed by atoms with Crippen molar-refractivity contribution in [2.45, 2.75) is 12.8 Å². The van der Waals surface area contributed by atoms with Gasteiger partial charge in [-0.1, -0.05) is 5.92 Å². The molecule has 0 N–H and O–H groups in total. The molecule has 0 heterocycles. The Morgan fingerprint density at radius 1 is 1.25 bits per heavy atom. The van der Waals surface area contributed by atoms with E-state index in [0.29, 0.717) is 6.42 Å². The Labute approximate surface area is 70.8 Å². The molecular formula is C8H10O4. The number of rotatable bonds is 2. The minimum atomic E-state index is -0.597. The van der Waals surface area contributed by atoms with Gasteiger partial charge in [-0.3, -0.25) is 4.79 Å². The Hall–Kier alpha value is -1.50. The van der Waals surface area contributed by atoms with E-state index >= 15 is 0 Å². The van der Waals surface area contributed by atoms with Crippen molar-refractivity contribution in [2.24, 2.45) is 0 Å². The van der Waals surface area contributed by atoms with Crippen LogP contribution >= 0.6 is 0 Å². The highest BCUT2D eigenvalue weighted by molar-refractivity contribution is 5.88. The fraction of sp³-hybridized carbons (Fsp3) is 0.500. The zero-order valence-corrected chi connectivity index (χ0v) is 7.05. The van der Waals surface area contributed by atoms with Gasteiger partial charge >= 0.3 is 11.9 Å². The predicted octanol–water partition coefficient (Wildman–Crippen LogP) is 0.116. The van der Waals surface area contributed by atoms with Crippen LogP contribution in [0, 0.1) is 11.8 Å². The third-order valence-corrected chi connectivity index (χ3v) is 1.06. The van der Waals surface area contributed by atoms with E-state index in [2.05, 4.69) is 21.3 Å². The Bertz CT molecular complexity index is 221. The number of carbonyl (C=O) groups excluding carboxylic acids is 2. The predicted molar refractivity (Wildman–Crippen MR) is 41.0 cm³/mol. The smallest absolute Gasteiger partial charge is 0.384 e. The summed E-state index contributed by atoms with van der Waals surface area (Å²) in [6.45, 7) is 0. The molecule has 0 aliphatic carbocycles. The Balaban J connectivity index is 3.59. The summed E-state index contributed by atoms with van der Waals surface area (Å²) in [7, 11) is 2.55. The number of methoxy groups -OCH3 is 2. The van der Waals surface area contributed by atoms with Gasteiger partial charge in [-0.15, -0.1) is 0 Å². The van der Waals surface area contributed by atoms with Gasteiger partial charge in [0.05, 0.1) is 20.6 Å². The van der Waals surface area contributed by atoms with E-state index in [1.54, 1.807) is 0 Å². The van der Waals surface area contributed by atoms with E-state index in [4.69, 9.17) is 0 Å². The molecule has 0 amide bonds. The van der Waals surface area contributed by atoms with Gasteiger partial charge in [0.2, 0.25) is 0 Å². The highest BCUT2D eigenvalue weighted by atomic mass is 16.5. The van der Waals surface area contributed by atoms with Gasteiger partial charge in [0.1, 0.15) is 0 Å². The monoisotopic (exact) mass is 170 g/mol. The first-order valence-corrected chi connectivity index (χ1v) is 3.34. The SMILES string of the molecule is COC(=O)C#CCCC(=O)OC. The van der Waals surface area contributed by atoms with Crippen molar-refractivity contribution in [1.29, 1.82) is 0 Å². The standard InChI is InChI=1S/C8H10O4/c1-11-7(9)5-3-4-6-8(10)12-2/h3,5H2,1-2H3. The van der Waals surface area contributed by atoms with Crippen molar-refractivity contribution < 1.29 is 19.1 Å². The van der Waals surface area contributed by atoms with Crippen molar-refractivity contribution in [1.82, 2.24) is 0 Å². The maximum absolute atomic E-state index is 10.5. The number of hydrogen-bond donors (Lipinski definition) is 0. The van der Waals surface area contributed by atoms with Crippen LogP contribution in [0.15, 0.2) is 0 Å². The van der Waals surface area contributed by atoms with Crippen LogP contribution in [0.25, 0.3) is 0 Å². The average molecular weight is 170 g/mol. The third-order valence-electron chi connectivity index (χ3n) is 1.06. The van der Waals surface area contributed by atoms with Crippen LogP contribution in [0.1, 0.15) is 12.8 Å². The Morgan fingerprint density at radius 3 is 2.42 bits per heavy atom. The largest absolute Gasteiger partial charge is 0.469 e. The Morgan fingerprint density at radius 2 is 1.92 bits per heavy atom. The van der Waals surface area contributed by atoms with Crippen LogP contribution in [-0.2, 0) is 19.1 Å². The first kappa shape index (κ1) is 10.5. The van der Waals surface area contributed by atoms with Crippen LogP contribution in [0.3, 0.4) is 0 Å². The number of ether oxygens (including phenoxy) is 2. The second kappa shape index (κ2) is 6.23. The van der Waals surface area contributed by atoms with E-state index in [1.165, 1.54) is 14.2 Å². The second-order valence-corrected chi connectivity index (χ2v) is 1.87. The molecule has 0 radical (unpaired) electrons. The minimum Gasteiger partial charge on any atom is -0.469 e. The molecule has 0 bridgehead atoms. The third kappa shape index (κ3) is 5.30. The van der Waals surface area contributed by atoms with E-state index in [9.17, 15) is 9.59 Å². The number of esters is 2. The number of hydrogen-bond acceptors (Lipinski definition) is 4. The number of carbonyl (C=O) groups is 2. The first-order valence-electron chi connectivity index (χ1n) is 3.34.